The molecule has 0 aliphatic carbocycles. The van der Waals surface area contributed by atoms with Crippen molar-refractivity contribution in [1.29, 1.82) is 0 Å². The minimum atomic E-state index is -0.877. The average Bonchev–Trinajstić information content (AvgIpc) is 2.19. The van der Waals surface area contributed by atoms with Crippen molar-refractivity contribution in [2.24, 2.45) is 0 Å². The number of rotatable bonds is 5. The second-order valence-electron chi connectivity index (χ2n) is 5.28. The summed E-state index contributed by atoms with van der Waals surface area (Å²) in [5, 5.41) is 13.2. The number of nitrogens with two attached hydrogens (primary N) is 1. The molecule has 0 fully saturated rings. The molecule has 0 aliphatic heterocycles. The van der Waals surface area contributed by atoms with Gasteiger partial charge in [-0.25, -0.2) is 4.39 Å². The van der Waals surface area contributed by atoms with Crippen LogP contribution in [0.5, 0.6) is 0 Å². The summed E-state index contributed by atoms with van der Waals surface area (Å²) in [7, 11) is 3.79. The zero-order chi connectivity index (χ0) is 13.9. The minimum absolute atomic E-state index is 0.321. The van der Waals surface area contributed by atoms with Crippen LogP contribution in [0.25, 0.3) is 0 Å². The van der Waals surface area contributed by atoms with Gasteiger partial charge in [-0.2, -0.15) is 0 Å². The lowest BCUT2D eigenvalue weighted by Crippen LogP contribution is -2.43. The molecule has 1 aromatic carbocycles. The van der Waals surface area contributed by atoms with Crippen LogP contribution in [0, 0.1) is 12.7 Å². The van der Waals surface area contributed by atoms with Gasteiger partial charge in [0.15, 0.2) is 0 Å². The molecule has 0 amide bonds. The van der Waals surface area contributed by atoms with Crippen molar-refractivity contribution in [3.63, 3.8) is 0 Å². The molecule has 1 atom stereocenters. The molecule has 4 N–H and O–H groups in total. The number of nitrogen functional groups attached to an aromatic ring is 1. The van der Waals surface area contributed by atoms with Crippen LogP contribution < -0.4 is 11.1 Å². The highest BCUT2D eigenvalue weighted by Gasteiger charge is 2.21. The van der Waals surface area contributed by atoms with Gasteiger partial charge in [0.05, 0.1) is 17.0 Å². The van der Waals surface area contributed by atoms with Crippen LogP contribution in [-0.2, 0) is 0 Å². The normalized spacial score (nSPS) is 14.6. The van der Waals surface area contributed by atoms with Gasteiger partial charge < -0.3 is 21.1 Å². The van der Waals surface area contributed by atoms with Crippen LogP contribution in [0.4, 0.5) is 15.8 Å². The topological polar surface area (TPSA) is 61.5 Å². The van der Waals surface area contributed by atoms with Crippen molar-refractivity contribution in [1.82, 2.24) is 4.90 Å². The molecule has 0 bridgehead atoms. The number of nitrogens with one attached hydrogen (secondary N) is 1. The Morgan fingerprint density at radius 1 is 1.44 bits per heavy atom. The van der Waals surface area contributed by atoms with Gasteiger partial charge in [0, 0.05) is 13.1 Å². The summed E-state index contributed by atoms with van der Waals surface area (Å²) in [6.45, 7) is 4.30. The summed E-state index contributed by atoms with van der Waals surface area (Å²) in [4.78, 5) is 1.90. The SMILES string of the molecule is Cc1cc(NCC(C)(O)CN(C)C)c(N)cc1F. The maximum absolute atomic E-state index is 13.2. The zero-order valence-corrected chi connectivity index (χ0v) is 11.4. The van der Waals surface area contributed by atoms with Crippen LogP contribution >= 0.6 is 0 Å². The molecule has 0 spiro atoms. The number of anilines is 2. The van der Waals surface area contributed by atoms with E-state index < -0.39 is 5.60 Å². The summed E-state index contributed by atoms with van der Waals surface area (Å²) < 4.78 is 13.2. The van der Waals surface area contributed by atoms with E-state index in [1.807, 2.05) is 19.0 Å². The van der Waals surface area contributed by atoms with Crippen LogP contribution in [0.1, 0.15) is 12.5 Å². The third kappa shape index (κ3) is 4.16. The van der Waals surface area contributed by atoms with E-state index in [0.29, 0.717) is 30.0 Å². The lowest BCUT2D eigenvalue weighted by Gasteiger charge is -2.27. The Kier molecular flexibility index (Phi) is 4.53. The average molecular weight is 255 g/mol. The van der Waals surface area contributed by atoms with Gasteiger partial charge >= 0.3 is 0 Å². The van der Waals surface area contributed by atoms with Gasteiger partial charge in [-0.1, -0.05) is 0 Å². The number of halogens is 1. The number of benzene rings is 1. The van der Waals surface area contributed by atoms with Gasteiger partial charge in [-0.3, -0.25) is 0 Å². The summed E-state index contributed by atoms with van der Waals surface area (Å²) in [5.41, 5.74) is 6.37. The van der Waals surface area contributed by atoms with Gasteiger partial charge in [0.25, 0.3) is 0 Å². The summed E-state index contributed by atoms with van der Waals surface area (Å²) >= 11 is 0. The first-order chi connectivity index (χ1) is 8.21. The fraction of sp³-hybridized carbons (Fsp3) is 0.538. The molecule has 0 aromatic heterocycles. The Hall–Kier alpha value is -1.33. The molecule has 1 aromatic rings. The van der Waals surface area contributed by atoms with E-state index in [0.717, 1.165) is 0 Å². The third-order valence-corrected chi connectivity index (χ3v) is 2.65. The number of aliphatic hydroxyl groups is 1. The summed E-state index contributed by atoms with van der Waals surface area (Å²) in [6.07, 6.45) is 0. The quantitative estimate of drug-likeness (QED) is 0.697. The third-order valence-electron chi connectivity index (χ3n) is 2.65. The van der Waals surface area contributed by atoms with Gasteiger partial charge in [0.1, 0.15) is 5.82 Å². The highest BCUT2D eigenvalue weighted by molar-refractivity contribution is 5.67. The molecule has 0 aliphatic rings. The van der Waals surface area contributed by atoms with E-state index in [2.05, 4.69) is 5.32 Å². The van der Waals surface area contributed by atoms with Crippen molar-refractivity contribution < 1.29 is 9.50 Å². The maximum Gasteiger partial charge on any atom is 0.128 e. The van der Waals surface area contributed by atoms with Gasteiger partial charge in [-0.05, 0) is 45.6 Å². The maximum atomic E-state index is 13.2. The highest BCUT2D eigenvalue weighted by Crippen LogP contribution is 2.23. The minimum Gasteiger partial charge on any atom is -0.397 e. The van der Waals surface area contributed by atoms with Gasteiger partial charge in [-0.15, -0.1) is 0 Å². The van der Waals surface area contributed by atoms with Crippen molar-refractivity contribution in [3.8, 4) is 0 Å². The number of aryl methyl sites for hydroxylation is 1. The summed E-state index contributed by atoms with van der Waals surface area (Å²) in [6, 6.07) is 2.94. The molecule has 1 rings (SSSR count). The predicted octanol–water partition coefficient (Wildman–Crippen LogP) is 1.44. The fourth-order valence-electron chi connectivity index (χ4n) is 1.87. The fourth-order valence-corrected chi connectivity index (χ4v) is 1.87. The number of hydrogen-bond donors (Lipinski definition) is 3. The monoisotopic (exact) mass is 255 g/mol. The van der Waals surface area contributed by atoms with Crippen LogP contribution in [-0.4, -0.2) is 42.8 Å². The molecular formula is C13H22FN3O. The number of nitrogens with zero attached hydrogens (tertiary/aromatic N) is 1. The number of likely N-dealkylation sites (N-methyl/N-ethyl adjacent to an activating group) is 1. The molecule has 0 heterocycles. The lowest BCUT2D eigenvalue weighted by molar-refractivity contribution is 0.0460. The van der Waals surface area contributed by atoms with Gasteiger partial charge in [0.2, 0.25) is 0 Å². The van der Waals surface area contributed by atoms with Crippen LogP contribution in [0.2, 0.25) is 0 Å². The first kappa shape index (κ1) is 14.7. The smallest absolute Gasteiger partial charge is 0.128 e. The Morgan fingerprint density at radius 3 is 2.61 bits per heavy atom. The first-order valence-electron chi connectivity index (χ1n) is 5.88. The second-order valence-corrected chi connectivity index (χ2v) is 5.28. The van der Waals surface area contributed by atoms with Crippen LogP contribution in [0.15, 0.2) is 12.1 Å². The standard InChI is InChI=1S/C13H22FN3O/c1-9-5-12(11(15)6-10(9)14)16-7-13(2,18)8-17(3)4/h5-6,16,18H,7-8,15H2,1-4H3. The van der Waals surface area contributed by atoms with E-state index in [-0.39, 0.29) is 5.82 Å². The molecule has 18 heavy (non-hydrogen) atoms. The predicted molar refractivity (Wildman–Crippen MR) is 73.2 cm³/mol. The van der Waals surface area contributed by atoms with E-state index in [1.165, 1.54) is 6.07 Å². The Balaban J connectivity index is 2.72. The molecular weight excluding hydrogens is 233 g/mol. The van der Waals surface area contributed by atoms with Crippen molar-refractivity contribution in [3.05, 3.63) is 23.5 Å². The second kappa shape index (κ2) is 5.54. The lowest BCUT2D eigenvalue weighted by atomic mass is 10.1. The van der Waals surface area contributed by atoms with Crippen molar-refractivity contribution in [2.75, 3.05) is 38.2 Å². The molecule has 102 valence electrons. The van der Waals surface area contributed by atoms with E-state index in [9.17, 15) is 9.50 Å². The molecule has 0 radical (unpaired) electrons. The summed E-state index contributed by atoms with van der Waals surface area (Å²) in [5.74, 6) is -0.321. The van der Waals surface area contributed by atoms with E-state index in [4.69, 9.17) is 5.73 Å². The van der Waals surface area contributed by atoms with Crippen molar-refractivity contribution in [2.45, 2.75) is 19.4 Å². The molecule has 1 unspecified atom stereocenters. The van der Waals surface area contributed by atoms with E-state index in [1.54, 1.807) is 19.9 Å². The molecule has 4 nitrogen and oxygen atoms in total. The highest BCUT2D eigenvalue weighted by atomic mass is 19.1. The Morgan fingerprint density at radius 2 is 2.06 bits per heavy atom. The molecule has 0 saturated heterocycles. The van der Waals surface area contributed by atoms with E-state index >= 15 is 0 Å². The first-order valence-corrected chi connectivity index (χ1v) is 5.88. The Labute approximate surface area is 108 Å². The largest absolute Gasteiger partial charge is 0.397 e. The molecule has 5 heteroatoms. The van der Waals surface area contributed by atoms with Crippen LogP contribution in [0.3, 0.4) is 0 Å². The van der Waals surface area contributed by atoms with Crippen molar-refractivity contribution >= 4 is 11.4 Å². The Bertz CT molecular complexity index is 419. The number of hydrogen-bond acceptors (Lipinski definition) is 4. The molecule has 0 saturated carbocycles. The zero-order valence-electron chi connectivity index (χ0n) is 11.4.